The molecule has 0 aliphatic carbocycles. The van der Waals surface area contributed by atoms with Gasteiger partial charge in [0.2, 0.25) is 12.2 Å². The quantitative estimate of drug-likeness (QED) is 0.328. The fraction of sp³-hybridized carbons (Fsp3) is 0.875. The molecule has 1 aliphatic heterocycles. The number of rotatable bonds is 3. The number of aliphatic hydroxyl groups is 4. The molecule has 5 unspecified atom stereocenters. The Balaban J connectivity index is 2.60. The summed E-state index contributed by atoms with van der Waals surface area (Å²) in [5.41, 5.74) is 1.93. The zero-order valence-electron chi connectivity index (χ0n) is 8.61. The van der Waals surface area contributed by atoms with E-state index in [2.05, 4.69) is 4.84 Å². The minimum absolute atomic E-state index is 0.517. The van der Waals surface area contributed by atoms with Crippen LogP contribution in [-0.4, -0.2) is 63.6 Å². The Morgan fingerprint density at radius 1 is 1.31 bits per heavy atom. The summed E-state index contributed by atoms with van der Waals surface area (Å²) in [4.78, 5) is 15.2. The van der Waals surface area contributed by atoms with Gasteiger partial charge in [0.25, 0.3) is 0 Å². The average molecular weight is 237 g/mol. The van der Waals surface area contributed by atoms with Crippen molar-refractivity contribution in [3.8, 4) is 0 Å². The molecule has 5 atom stereocenters. The summed E-state index contributed by atoms with van der Waals surface area (Å²) in [6.07, 6.45) is -6.90. The largest absolute Gasteiger partial charge is 0.394 e. The minimum atomic E-state index is -1.52. The molecule has 0 aromatic carbocycles. The third-order valence-corrected chi connectivity index (χ3v) is 2.17. The highest BCUT2D eigenvalue weighted by atomic mass is 16.8. The maximum Gasteiger partial charge on any atom is 0.240 e. The molecule has 0 aromatic rings. The second kappa shape index (κ2) is 5.53. The van der Waals surface area contributed by atoms with Crippen LogP contribution in [0.15, 0.2) is 0 Å². The number of hydrogen-bond donors (Lipinski definition) is 5. The van der Waals surface area contributed by atoms with Gasteiger partial charge in [-0.1, -0.05) is 0 Å². The molecule has 8 nitrogen and oxygen atoms in total. The first-order valence-corrected chi connectivity index (χ1v) is 4.70. The summed E-state index contributed by atoms with van der Waals surface area (Å²) < 4.78 is 4.93. The SMILES string of the molecule is CC(=O)NOC1OC(CO)C(O)C(O)C1O. The van der Waals surface area contributed by atoms with Gasteiger partial charge in [-0.15, -0.1) is 0 Å². The summed E-state index contributed by atoms with van der Waals surface area (Å²) in [5, 5.41) is 37.0. The Hall–Kier alpha value is -0.770. The van der Waals surface area contributed by atoms with Crippen LogP contribution in [0, 0.1) is 0 Å². The van der Waals surface area contributed by atoms with Crippen LogP contribution in [0.2, 0.25) is 0 Å². The number of aliphatic hydroxyl groups excluding tert-OH is 4. The van der Waals surface area contributed by atoms with Crippen LogP contribution in [0.5, 0.6) is 0 Å². The highest BCUT2D eigenvalue weighted by Crippen LogP contribution is 2.21. The highest BCUT2D eigenvalue weighted by molar-refractivity contribution is 5.71. The van der Waals surface area contributed by atoms with Crippen LogP contribution in [0.25, 0.3) is 0 Å². The Morgan fingerprint density at radius 3 is 2.44 bits per heavy atom. The monoisotopic (exact) mass is 237 g/mol. The molecule has 8 heteroatoms. The van der Waals surface area contributed by atoms with Crippen LogP contribution in [0.4, 0.5) is 0 Å². The van der Waals surface area contributed by atoms with E-state index in [9.17, 15) is 20.1 Å². The van der Waals surface area contributed by atoms with E-state index >= 15 is 0 Å². The van der Waals surface area contributed by atoms with Gasteiger partial charge < -0.3 is 25.2 Å². The number of nitrogens with one attached hydrogen (secondary N) is 1. The summed E-state index contributed by atoms with van der Waals surface area (Å²) in [6, 6.07) is 0. The number of carbonyl (C=O) groups is 1. The fourth-order valence-corrected chi connectivity index (χ4v) is 1.31. The average Bonchev–Trinajstić information content (AvgIpc) is 2.25. The van der Waals surface area contributed by atoms with Crippen molar-refractivity contribution in [3.63, 3.8) is 0 Å². The number of carbonyl (C=O) groups excluding carboxylic acids is 1. The van der Waals surface area contributed by atoms with Gasteiger partial charge in [-0.05, 0) is 0 Å². The highest BCUT2D eigenvalue weighted by Gasteiger charge is 2.44. The van der Waals surface area contributed by atoms with Crippen LogP contribution in [0.3, 0.4) is 0 Å². The Kier molecular flexibility index (Phi) is 4.59. The molecule has 0 saturated carbocycles. The fourth-order valence-electron chi connectivity index (χ4n) is 1.31. The normalized spacial score (nSPS) is 39.4. The molecule has 94 valence electrons. The van der Waals surface area contributed by atoms with Crippen molar-refractivity contribution in [1.82, 2.24) is 5.48 Å². The maximum absolute atomic E-state index is 10.6. The number of hydrogen-bond acceptors (Lipinski definition) is 7. The predicted molar refractivity (Wildman–Crippen MR) is 48.7 cm³/mol. The summed E-state index contributed by atoms with van der Waals surface area (Å²) in [6.45, 7) is 0.634. The van der Waals surface area contributed by atoms with Gasteiger partial charge >= 0.3 is 0 Å². The van der Waals surface area contributed by atoms with Crippen molar-refractivity contribution in [3.05, 3.63) is 0 Å². The van der Waals surface area contributed by atoms with Gasteiger partial charge in [-0.25, -0.2) is 10.3 Å². The first-order chi connectivity index (χ1) is 7.47. The molecule has 1 heterocycles. The van der Waals surface area contributed by atoms with Crippen LogP contribution in [0.1, 0.15) is 6.92 Å². The molecular weight excluding hydrogens is 222 g/mol. The molecule has 1 amide bonds. The smallest absolute Gasteiger partial charge is 0.240 e. The lowest BCUT2D eigenvalue weighted by molar-refractivity contribution is -0.313. The van der Waals surface area contributed by atoms with Gasteiger partial charge in [-0.3, -0.25) is 4.79 Å². The molecule has 1 aliphatic rings. The lowest BCUT2D eigenvalue weighted by atomic mass is 9.99. The Morgan fingerprint density at radius 2 is 1.94 bits per heavy atom. The number of hydroxylamine groups is 1. The van der Waals surface area contributed by atoms with E-state index in [0.29, 0.717) is 0 Å². The van der Waals surface area contributed by atoms with Crippen molar-refractivity contribution in [1.29, 1.82) is 0 Å². The van der Waals surface area contributed by atoms with Crippen molar-refractivity contribution in [2.45, 2.75) is 37.6 Å². The second-order valence-electron chi connectivity index (χ2n) is 3.47. The Labute approximate surface area is 91.4 Å². The van der Waals surface area contributed by atoms with Gasteiger partial charge in [0.05, 0.1) is 6.61 Å². The molecule has 0 bridgehead atoms. The molecule has 0 radical (unpaired) electrons. The molecule has 1 saturated heterocycles. The van der Waals surface area contributed by atoms with Crippen LogP contribution in [-0.2, 0) is 14.4 Å². The van der Waals surface area contributed by atoms with Crippen LogP contribution >= 0.6 is 0 Å². The van der Waals surface area contributed by atoms with Crippen molar-refractivity contribution >= 4 is 5.91 Å². The number of amides is 1. The second-order valence-corrected chi connectivity index (χ2v) is 3.47. The first-order valence-electron chi connectivity index (χ1n) is 4.70. The summed E-state index contributed by atoms with van der Waals surface area (Å²) in [7, 11) is 0. The topological polar surface area (TPSA) is 128 Å². The van der Waals surface area contributed by atoms with Crippen LogP contribution < -0.4 is 5.48 Å². The molecule has 0 aromatic heterocycles. The summed E-state index contributed by atoms with van der Waals surface area (Å²) in [5.74, 6) is -0.517. The molecule has 0 spiro atoms. The van der Waals surface area contributed by atoms with Gasteiger partial charge in [0.15, 0.2) is 0 Å². The Bertz CT molecular complexity index is 247. The van der Waals surface area contributed by atoms with E-state index in [1.807, 2.05) is 5.48 Å². The zero-order chi connectivity index (χ0) is 12.3. The molecular formula is C8H15NO7. The molecule has 1 rings (SSSR count). The van der Waals surface area contributed by atoms with E-state index in [-0.39, 0.29) is 0 Å². The molecule has 1 fully saturated rings. The minimum Gasteiger partial charge on any atom is -0.394 e. The summed E-state index contributed by atoms with van der Waals surface area (Å²) >= 11 is 0. The third-order valence-electron chi connectivity index (χ3n) is 2.17. The lowest BCUT2D eigenvalue weighted by Crippen LogP contribution is -2.60. The van der Waals surface area contributed by atoms with E-state index in [1.165, 1.54) is 6.92 Å². The zero-order valence-corrected chi connectivity index (χ0v) is 8.61. The van der Waals surface area contributed by atoms with E-state index < -0.39 is 43.2 Å². The van der Waals surface area contributed by atoms with Gasteiger partial charge in [-0.2, -0.15) is 0 Å². The van der Waals surface area contributed by atoms with E-state index in [0.717, 1.165) is 0 Å². The number of ether oxygens (including phenoxy) is 1. The standard InChI is InChI=1S/C8H15NO7/c1-3(11)9-16-8-7(14)6(13)5(12)4(2-10)15-8/h4-8,10,12-14H,2H2,1H3,(H,9,11). The first kappa shape index (κ1) is 13.3. The van der Waals surface area contributed by atoms with Crippen molar-refractivity contribution in [2.24, 2.45) is 0 Å². The molecule has 16 heavy (non-hydrogen) atoms. The lowest BCUT2D eigenvalue weighted by Gasteiger charge is -2.38. The van der Waals surface area contributed by atoms with Crippen molar-refractivity contribution < 1.29 is 34.8 Å². The third kappa shape index (κ3) is 2.88. The molecule has 5 N–H and O–H groups in total. The van der Waals surface area contributed by atoms with E-state index in [4.69, 9.17) is 9.84 Å². The van der Waals surface area contributed by atoms with Gasteiger partial charge in [0.1, 0.15) is 24.4 Å². The van der Waals surface area contributed by atoms with Gasteiger partial charge in [0, 0.05) is 6.92 Å². The maximum atomic E-state index is 10.6. The van der Waals surface area contributed by atoms with Crippen molar-refractivity contribution in [2.75, 3.05) is 6.61 Å². The predicted octanol–water partition coefficient (Wildman–Crippen LogP) is -3.15. The van der Waals surface area contributed by atoms with E-state index in [1.54, 1.807) is 0 Å².